The molecule has 74 valence electrons. The molecule has 0 atom stereocenters. The van der Waals surface area contributed by atoms with Crippen molar-refractivity contribution in [2.45, 2.75) is 11.5 Å². The molecule has 0 radical (unpaired) electrons. The van der Waals surface area contributed by atoms with Crippen molar-refractivity contribution in [3.05, 3.63) is 27.4 Å². The van der Waals surface area contributed by atoms with E-state index >= 15 is 0 Å². The lowest BCUT2D eigenvalue weighted by molar-refractivity contribution is 0.0586. The molecule has 1 aliphatic heterocycles. The molecule has 0 saturated carbocycles. The number of hydrogen-bond acceptors (Lipinski definition) is 5. The molecule has 0 unspecified atom stereocenters. The topological polar surface area (TPSA) is 72.0 Å². The molecular weight excluding hydrogens is 204 g/mol. The summed E-state index contributed by atoms with van der Waals surface area (Å²) in [4.78, 5) is 29.0. The van der Waals surface area contributed by atoms with E-state index in [0.29, 0.717) is 22.8 Å². The molecule has 1 aliphatic rings. The molecule has 0 aromatic carbocycles. The SMILES string of the molecule is COC(=O)c1nc2c(c(=O)[nH]1)CSC2. The van der Waals surface area contributed by atoms with Gasteiger partial charge in [-0.25, -0.2) is 9.78 Å². The molecule has 6 heteroatoms. The van der Waals surface area contributed by atoms with Crippen LogP contribution in [-0.2, 0) is 16.2 Å². The number of rotatable bonds is 1. The van der Waals surface area contributed by atoms with E-state index in [9.17, 15) is 9.59 Å². The van der Waals surface area contributed by atoms with Crippen LogP contribution < -0.4 is 5.56 Å². The number of fused-ring (bicyclic) bond motifs is 1. The molecule has 0 saturated heterocycles. The van der Waals surface area contributed by atoms with Crippen molar-refractivity contribution in [1.29, 1.82) is 0 Å². The zero-order valence-corrected chi connectivity index (χ0v) is 8.31. The van der Waals surface area contributed by atoms with Crippen LogP contribution in [-0.4, -0.2) is 23.0 Å². The number of thioether (sulfide) groups is 1. The van der Waals surface area contributed by atoms with E-state index < -0.39 is 5.97 Å². The number of hydrogen-bond donors (Lipinski definition) is 1. The molecular formula is C8H8N2O3S. The van der Waals surface area contributed by atoms with Crippen LogP contribution >= 0.6 is 11.8 Å². The minimum Gasteiger partial charge on any atom is -0.463 e. The van der Waals surface area contributed by atoms with Crippen molar-refractivity contribution in [2.24, 2.45) is 0 Å². The maximum atomic E-state index is 11.4. The van der Waals surface area contributed by atoms with Gasteiger partial charge in [0.1, 0.15) is 0 Å². The smallest absolute Gasteiger partial charge is 0.374 e. The fraction of sp³-hybridized carbons (Fsp3) is 0.375. The molecule has 5 nitrogen and oxygen atoms in total. The normalized spacial score (nSPS) is 13.8. The number of aromatic amines is 1. The minimum atomic E-state index is -0.609. The Morgan fingerprint density at radius 3 is 3.07 bits per heavy atom. The lowest BCUT2D eigenvalue weighted by Gasteiger charge is -2.00. The number of H-pyrrole nitrogens is 1. The van der Waals surface area contributed by atoms with Gasteiger partial charge >= 0.3 is 5.97 Å². The quantitative estimate of drug-likeness (QED) is 0.678. The van der Waals surface area contributed by atoms with Gasteiger partial charge < -0.3 is 9.72 Å². The molecule has 0 aliphatic carbocycles. The molecule has 0 amide bonds. The standard InChI is InChI=1S/C8H8N2O3S/c1-13-8(12)6-9-5-3-14-2-4(5)7(11)10-6/h2-3H2,1H3,(H,9,10,11). The third-order valence-corrected chi connectivity index (χ3v) is 2.94. The summed E-state index contributed by atoms with van der Waals surface area (Å²) in [5, 5.41) is 0. The van der Waals surface area contributed by atoms with E-state index in [0.717, 1.165) is 0 Å². The van der Waals surface area contributed by atoms with Gasteiger partial charge in [-0.05, 0) is 0 Å². The van der Waals surface area contributed by atoms with Crippen molar-refractivity contribution in [2.75, 3.05) is 7.11 Å². The number of esters is 1. The summed E-state index contributed by atoms with van der Waals surface area (Å²) >= 11 is 1.61. The Kier molecular flexibility index (Phi) is 2.28. The Balaban J connectivity index is 2.52. The molecule has 1 N–H and O–H groups in total. The largest absolute Gasteiger partial charge is 0.463 e. The van der Waals surface area contributed by atoms with E-state index in [-0.39, 0.29) is 11.4 Å². The summed E-state index contributed by atoms with van der Waals surface area (Å²) in [7, 11) is 1.25. The highest BCUT2D eigenvalue weighted by atomic mass is 32.2. The van der Waals surface area contributed by atoms with E-state index in [1.54, 1.807) is 11.8 Å². The van der Waals surface area contributed by atoms with Crippen molar-refractivity contribution >= 4 is 17.7 Å². The van der Waals surface area contributed by atoms with Crippen LogP contribution in [0.2, 0.25) is 0 Å². The number of aromatic nitrogens is 2. The van der Waals surface area contributed by atoms with Crippen LogP contribution in [0.3, 0.4) is 0 Å². The average molecular weight is 212 g/mol. The number of carbonyl (C=O) groups excluding carboxylic acids is 1. The summed E-state index contributed by atoms with van der Waals surface area (Å²) in [6.07, 6.45) is 0. The van der Waals surface area contributed by atoms with E-state index in [2.05, 4.69) is 14.7 Å². The van der Waals surface area contributed by atoms with Crippen molar-refractivity contribution in [3.8, 4) is 0 Å². The van der Waals surface area contributed by atoms with Gasteiger partial charge in [0.2, 0.25) is 5.82 Å². The predicted molar refractivity (Wildman–Crippen MR) is 51.2 cm³/mol. The highest BCUT2D eigenvalue weighted by Gasteiger charge is 2.20. The Morgan fingerprint density at radius 1 is 1.57 bits per heavy atom. The maximum Gasteiger partial charge on any atom is 0.374 e. The lowest BCUT2D eigenvalue weighted by atomic mass is 10.3. The minimum absolute atomic E-state index is 0.0150. The van der Waals surface area contributed by atoms with Crippen molar-refractivity contribution in [3.63, 3.8) is 0 Å². The van der Waals surface area contributed by atoms with Crippen LogP contribution in [0.1, 0.15) is 21.9 Å². The Bertz CT molecular complexity index is 441. The second kappa shape index (κ2) is 3.45. The van der Waals surface area contributed by atoms with Gasteiger partial charge in [-0.1, -0.05) is 0 Å². The first-order valence-corrected chi connectivity index (χ1v) is 5.16. The second-order valence-electron chi connectivity index (χ2n) is 2.82. The highest BCUT2D eigenvalue weighted by molar-refractivity contribution is 7.98. The summed E-state index contributed by atoms with van der Waals surface area (Å²) < 4.78 is 4.47. The van der Waals surface area contributed by atoms with Crippen molar-refractivity contribution in [1.82, 2.24) is 9.97 Å². The average Bonchev–Trinajstić information content (AvgIpc) is 2.64. The third-order valence-electron chi connectivity index (χ3n) is 1.97. The predicted octanol–water partition coefficient (Wildman–Crippen LogP) is 0.303. The van der Waals surface area contributed by atoms with Gasteiger partial charge in [-0.2, -0.15) is 11.8 Å². The first kappa shape index (κ1) is 9.26. The zero-order chi connectivity index (χ0) is 10.1. The Hall–Kier alpha value is -1.30. The zero-order valence-electron chi connectivity index (χ0n) is 7.49. The second-order valence-corrected chi connectivity index (χ2v) is 3.81. The first-order valence-electron chi connectivity index (χ1n) is 4.00. The summed E-state index contributed by atoms with van der Waals surface area (Å²) in [5.74, 6) is 0.725. The van der Waals surface area contributed by atoms with Gasteiger partial charge in [0.05, 0.1) is 12.8 Å². The summed E-state index contributed by atoms with van der Waals surface area (Å²) in [5.41, 5.74) is 1.13. The maximum absolute atomic E-state index is 11.4. The van der Waals surface area contributed by atoms with Crippen molar-refractivity contribution < 1.29 is 9.53 Å². The number of carbonyl (C=O) groups is 1. The molecule has 0 spiro atoms. The molecule has 2 rings (SSSR count). The van der Waals surface area contributed by atoms with Crippen LogP contribution in [0.25, 0.3) is 0 Å². The number of nitrogens with zero attached hydrogens (tertiary/aromatic N) is 1. The monoisotopic (exact) mass is 212 g/mol. The van der Waals surface area contributed by atoms with Crippen LogP contribution in [0.15, 0.2) is 4.79 Å². The van der Waals surface area contributed by atoms with Crippen LogP contribution in [0, 0.1) is 0 Å². The molecule has 0 fully saturated rings. The summed E-state index contributed by atoms with van der Waals surface area (Å²) in [6, 6.07) is 0. The van der Waals surface area contributed by atoms with Gasteiger partial charge in [-0.3, -0.25) is 4.79 Å². The van der Waals surface area contributed by atoms with Crippen LogP contribution in [0.5, 0.6) is 0 Å². The lowest BCUT2D eigenvalue weighted by Crippen LogP contribution is -2.20. The molecule has 1 aromatic heterocycles. The van der Waals surface area contributed by atoms with E-state index in [4.69, 9.17) is 0 Å². The Morgan fingerprint density at radius 2 is 2.36 bits per heavy atom. The number of nitrogens with one attached hydrogen (secondary N) is 1. The van der Waals surface area contributed by atoms with Gasteiger partial charge in [0.15, 0.2) is 0 Å². The molecule has 1 aromatic rings. The number of methoxy groups -OCH3 is 1. The molecule has 0 bridgehead atoms. The molecule has 14 heavy (non-hydrogen) atoms. The van der Waals surface area contributed by atoms with Crippen LogP contribution in [0.4, 0.5) is 0 Å². The fourth-order valence-electron chi connectivity index (χ4n) is 1.26. The Labute approximate surface area is 83.9 Å². The summed E-state index contributed by atoms with van der Waals surface area (Å²) in [6.45, 7) is 0. The van der Waals surface area contributed by atoms with E-state index in [1.807, 2.05) is 0 Å². The van der Waals surface area contributed by atoms with Gasteiger partial charge in [-0.15, -0.1) is 0 Å². The number of ether oxygens (including phenoxy) is 1. The van der Waals surface area contributed by atoms with E-state index in [1.165, 1.54) is 7.11 Å². The van der Waals surface area contributed by atoms with Gasteiger partial charge in [0.25, 0.3) is 5.56 Å². The highest BCUT2D eigenvalue weighted by Crippen LogP contribution is 2.24. The fourth-order valence-corrected chi connectivity index (χ4v) is 2.29. The van der Waals surface area contributed by atoms with Gasteiger partial charge in [0, 0.05) is 17.1 Å². The third kappa shape index (κ3) is 1.41. The first-order chi connectivity index (χ1) is 6.72. The molecule has 2 heterocycles.